The van der Waals surface area contributed by atoms with Gasteiger partial charge in [0, 0.05) is 12.6 Å². The Labute approximate surface area is 108 Å². The zero-order valence-electron chi connectivity index (χ0n) is 10.9. The van der Waals surface area contributed by atoms with E-state index in [1.165, 1.54) is 0 Å². The van der Waals surface area contributed by atoms with Crippen molar-refractivity contribution in [3.8, 4) is 6.07 Å². The van der Waals surface area contributed by atoms with Gasteiger partial charge in [-0.2, -0.15) is 5.26 Å². The Kier molecular flexibility index (Phi) is 5.89. The maximum absolute atomic E-state index is 11.6. The van der Waals surface area contributed by atoms with E-state index in [9.17, 15) is 4.79 Å². The van der Waals surface area contributed by atoms with E-state index in [0.717, 1.165) is 12.0 Å². The van der Waals surface area contributed by atoms with Gasteiger partial charge in [-0.3, -0.25) is 4.79 Å². The second kappa shape index (κ2) is 7.46. The van der Waals surface area contributed by atoms with Crippen LogP contribution in [0.15, 0.2) is 24.3 Å². The minimum atomic E-state index is -0.0299. The van der Waals surface area contributed by atoms with Crippen LogP contribution in [0.2, 0.25) is 0 Å². The zero-order valence-corrected chi connectivity index (χ0v) is 10.9. The molecular weight excluding hydrogens is 226 g/mol. The van der Waals surface area contributed by atoms with Crippen LogP contribution in [0.25, 0.3) is 0 Å². The molecule has 1 aromatic rings. The highest BCUT2D eigenvalue weighted by Gasteiger charge is 2.03. The standard InChI is InChI=1S/C14H19N3O/c1-3-11(2)16-10-14(18)17-9-13-6-4-5-12(7-13)8-15/h4-7,11,16H,3,9-10H2,1-2H3,(H,17,18). The summed E-state index contributed by atoms with van der Waals surface area (Å²) in [6.45, 7) is 4.90. The van der Waals surface area contributed by atoms with Crippen LogP contribution in [0.3, 0.4) is 0 Å². The Balaban J connectivity index is 2.36. The molecule has 2 N–H and O–H groups in total. The average molecular weight is 245 g/mol. The Bertz CT molecular complexity index is 437. The molecule has 1 unspecified atom stereocenters. The van der Waals surface area contributed by atoms with Crippen LogP contribution in [0, 0.1) is 11.3 Å². The molecule has 4 nitrogen and oxygen atoms in total. The predicted molar refractivity (Wildman–Crippen MR) is 70.8 cm³/mol. The summed E-state index contributed by atoms with van der Waals surface area (Å²) < 4.78 is 0. The van der Waals surface area contributed by atoms with E-state index >= 15 is 0 Å². The Morgan fingerprint density at radius 1 is 1.50 bits per heavy atom. The lowest BCUT2D eigenvalue weighted by atomic mass is 10.1. The van der Waals surface area contributed by atoms with Crippen LogP contribution in [-0.2, 0) is 11.3 Å². The molecule has 1 amide bonds. The number of benzene rings is 1. The maximum atomic E-state index is 11.6. The highest BCUT2D eigenvalue weighted by atomic mass is 16.1. The summed E-state index contributed by atoms with van der Waals surface area (Å²) in [6, 6.07) is 9.66. The number of nitriles is 1. The van der Waals surface area contributed by atoms with Gasteiger partial charge in [0.15, 0.2) is 0 Å². The first-order chi connectivity index (χ1) is 8.65. The van der Waals surface area contributed by atoms with Crippen molar-refractivity contribution in [2.75, 3.05) is 6.54 Å². The largest absolute Gasteiger partial charge is 0.351 e. The quantitative estimate of drug-likeness (QED) is 0.799. The first-order valence-electron chi connectivity index (χ1n) is 6.14. The number of hydrogen-bond donors (Lipinski definition) is 2. The molecule has 0 aliphatic heterocycles. The lowest BCUT2D eigenvalue weighted by Crippen LogP contribution is -2.37. The zero-order chi connectivity index (χ0) is 13.4. The first-order valence-corrected chi connectivity index (χ1v) is 6.14. The van der Waals surface area contributed by atoms with Gasteiger partial charge in [-0.05, 0) is 31.0 Å². The Morgan fingerprint density at radius 2 is 2.28 bits per heavy atom. The van der Waals surface area contributed by atoms with E-state index in [-0.39, 0.29) is 5.91 Å². The van der Waals surface area contributed by atoms with Gasteiger partial charge in [0.05, 0.1) is 18.2 Å². The third-order valence-electron chi connectivity index (χ3n) is 2.77. The van der Waals surface area contributed by atoms with Crippen molar-refractivity contribution in [1.29, 1.82) is 5.26 Å². The van der Waals surface area contributed by atoms with Crippen LogP contribution >= 0.6 is 0 Å². The average Bonchev–Trinajstić information content (AvgIpc) is 2.42. The summed E-state index contributed by atoms with van der Waals surface area (Å²) in [7, 11) is 0. The van der Waals surface area contributed by atoms with Gasteiger partial charge < -0.3 is 10.6 Å². The van der Waals surface area contributed by atoms with Crippen LogP contribution < -0.4 is 10.6 Å². The van der Waals surface area contributed by atoms with Crippen LogP contribution in [0.4, 0.5) is 0 Å². The second-order valence-corrected chi connectivity index (χ2v) is 4.28. The minimum absolute atomic E-state index is 0.0299. The second-order valence-electron chi connectivity index (χ2n) is 4.28. The molecule has 0 saturated heterocycles. The smallest absolute Gasteiger partial charge is 0.234 e. The lowest BCUT2D eigenvalue weighted by Gasteiger charge is -2.11. The molecule has 4 heteroatoms. The van der Waals surface area contributed by atoms with E-state index in [1.807, 2.05) is 19.1 Å². The highest BCUT2D eigenvalue weighted by Crippen LogP contribution is 2.03. The SMILES string of the molecule is CCC(C)NCC(=O)NCc1cccc(C#N)c1. The van der Waals surface area contributed by atoms with Gasteiger partial charge in [0.1, 0.15) is 0 Å². The molecule has 1 aromatic carbocycles. The summed E-state index contributed by atoms with van der Waals surface area (Å²) in [6.07, 6.45) is 0.998. The monoisotopic (exact) mass is 245 g/mol. The molecule has 0 radical (unpaired) electrons. The summed E-state index contributed by atoms with van der Waals surface area (Å²) in [5, 5.41) is 14.7. The fourth-order valence-corrected chi connectivity index (χ4v) is 1.43. The number of hydrogen-bond acceptors (Lipinski definition) is 3. The van der Waals surface area contributed by atoms with Gasteiger partial charge in [-0.25, -0.2) is 0 Å². The Morgan fingerprint density at radius 3 is 2.94 bits per heavy atom. The molecule has 0 spiro atoms. The molecule has 0 saturated carbocycles. The van der Waals surface area contributed by atoms with Gasteiger partial charge in [0.25, 0.3) is 0 Å². The Hall–Kier alpha value is -1.86. The number of carbonyl (C=O) groups excluding carboxylic acids is 1. The molecule has 0 aliphatic rings. The summed E-state index contributed by atoms with van der Waals surface area (Å²) in [5.41, 5.74) is 1.55. The highest BCUT2D eigenvalue weighted by molar-refractivity contribution is 5.78. The van der Waals surface area contributed by atoms with E-state index in [0.29, 0.717) is 24.7 Å². The molecule has 0 fully saturated rings. The van der Waals surface area contributed by atoms with E-state index in [1.54, 1.807) is 12.1 Å². The fourth-order valence-electron chi connectivity index (χ4n) is 1.43. The molecule has 0 aromatic heterocycles. The summed E-state index contributed by atoms with van der Waals surface area (Å²) >= 11 is 0. The number of rotatable bonds is 6. The van der Waals surface area contributed by atoms with Crippen molar-refractivity contribution < 1.29 is 4.79 Å². The molecule has 0 heterocycles. The first kappa shape index (κ1) is 14.2. The molecule has 0 aliphatic carbocycles. The molecule has 0 bridgehead atoms. The number of amides is 1. The van der Waals surface area contributed by atoms with Crippen molar-refractivity contribution >= 4 is 5.91 Å². The summed E-state index contributed by atoms with van der Waals surface area (Å²) in [5.74, 6) is -0.0299. The maximum Gasteiger partial charge on any atom is 0.234 e. The van der Waals surface area contributed by atoms with Crippen LogP contribution in [-0.4, -0.2) is 18.5 Å². The molecule has 1 atom stereocenters. The summed E-state index contributed by atoms with van der Waals surface area (Å²) in [4.78, 5) is 11.6. The van der Waals surface area contributed by atoms with Gasteiger partial charge in [-0.1, -0.05) is 19.1 Å². The molecule has 96 valence electrons. The van der Waals surface area contributed by atoms with Crippen molar-refractivity contribution in [2.24, 2.45) is 0 Å². The fraction of sp³-hybridized carbons (Fsp3) is 0.429. The number of nitrogens with zero attached hydrogens (tertiary/aromatic N) is 1. The molecule has 1 rings (SSSR count). The molecular formula is C14H19N3O. The van der Waals surface area contributed by atoms with E-state index in [2.05, 4.69) is 23.6 Å². The predicted octanol–water partition coefficient (Wildman–Crippen LogP) is 1.56. The van der Waals surface area contributed by atoms with Gasteiger partial charge in [-0.15, -0.1) is 0 Å². The van der Waals surface area contributed by atoms with Crippen LogP contribution in [0.1, 0.15) is 31.4 Å². The lowest BCUT2D eigenvalue weighted by molar-refractivity contribution is -0.120. The van der Waals surface area contributed by atoms with Gasteiger partial charge >= 0.3 is 0 Å². The third kappa shape index (κ3) is 4.98. The van der Waals surface area contributed by atoms with Gasteiger partial charge in [0.2, 0.25) is 5.91 Å². The van der Waals surface area contributed by atoms with Crippen molar-refractivity contribution in [3.05, 3.63) is 35.4 Å². The molecule has 18 heavy (non-hydrogen) atoms. The minimum Gasteiger partial charge on any atom is -0.351 e. The number of carbonyl (C=O) groups is 1. The number of nitrogens with one attached hydrogen (secondary N) is 2. The van der Waals surface area contributed by atoms with Crippen molar-refractivity contribution in [2.45, 2.75) is 32.9 Å². The third-order valence-corrected chi connectivity index (χ3v) is 2.77. The normalized spacial score (nSPS) is 11.6. The van der Waals surface area contributed by atoms with E-state index < -0.39 is 0 Å². The van der Waals surface area contributed by atoms with Crippen molar-refractivity contribution in [3.63, 3.8) is 0 Å². The topological polar surface area (TPSA) is 64.9 Å². The van der Waals surface area contributed by atoms with Crippen LogP contribution in [0.5, 0.6) is 0 Å². The van der Waals surface area contributed by atoms with Crippen molar-refractivity contribution in [1.82, 2.24) is 10.6 Å². The van der Waals surface area contributed by atoms with E-state index in [4.69, 9.17) is 5.26 Å².